The summed E-state index contributed by atoms with van der Waals surface area (Å²) in [6.45, 7) is 1.72. The van der Waals surface area contributed by atoms with Crippen LogP contribution in [0.3, 0.4) is 0 Å². The van der Waals surface area contributed by atoms with Crippen LogP contribution in [0.5, 0.6) is 0 Å². The molecule has 0 spiro atoms. The lowest BCUT2D eigenvalue weighted by molar-refractivity contribution is -0.141. The van der Waals surface area contributed by atoms with Crippen LogP contribution < -0.4 is 5.32 Å². The summed E-state index contributed by atoms with van der Waals surface area (Å²) in [7, 11) is 1.29. The highest BCUT2D eigenvalue weighted by molar-refractivity contribution is 9.11. The number of hydrogen-bond acceptors (Lipinski definition) is 4. The van der Waals surface area contributed by atoms with Gasteiger partial charge >= 0.3 is 6.18 Å². The van der Waals surface area contributed by atoms with Gasteiger partial charge in [0, 0.05) is 24.2 Å². The van der Waals surface area contributed by atoms with Crippen LogP contribution >= 0.6 is 27.3 Å². The van der Waals surface area contributed by atoms with E-state index < -0.39 is 17.8 Å². The smallest absolute Gasteiger partial charge is 0.343 e. The van der Waals surface area contributed by atoms with Crippen molar-refractivity contribution in [2.45, 2.75) is 19.1 Å². The maximum Gasteiger partial charge on any atom is 0.435 e. The number of nitrogens with zero attached hydrogens (tertiary/aromatic N) is 3. The molecule has 0 aliphatic heterocycles. The van der Waals surface area contributed by atoms with Crippen molar-refractivity contribution in [3.8, 4) is 0 Å². The average Bonchev–Trinajstić information content (AvgIpc) is 2.94. The number of amides is 1. The van der Waals surface area contributed by atoms with E-state index >= 15 is 0 Å². The number of alkyl halides is 3. The molecule has 1 N–H and O–H groups in total. The first kappa shape index (κ1) is 16.0. The van der Waals surface area contributed by atoms with Gasteiger partial charge in [0.2, 0.25) is 0 Å². The van der Waals surface area contributed by atoms with Crippen molar-refractivity contribution < 1.29 is 18.0 Å². The van der Waals surface area contributed by atoms with Crippen LogP contribution in [0, 0.1) is 0 Å². The molecule has 21 heavy (non-hydrogen) atoms. The van der Waals surface area contributed by atoms with Gasteiger partial charge in [0.25, 0.3) is 5.91 Å². The summed E-state index contributed by atoms with van der Waals surface area (Å²) in [5, 5.41) is 5.91. The van der Waals surface area contributed by atoms with Crippen LogP contribution in [0.1, 0.15) is 34.0 Å². The molecule has 0 aliphatic rings. The molecule has 10 heteroatoms. The second-order valence-corrected chi connectivity index (χ2v) is 6.59. The Hall–Kier alpha value is -1.42. The van der Waals surface area contributed by atoms with Gasteiger partial charge in [-0.3, -0.25) is 9.48 Å². The number of halogens is 4. The number of nitrogens with one attached hydrogen (secondary N) is 1. The number of carbonyl (C=O) groups excluding carboxylic acids is 1. The Kier molecular flexibility index (Phi) is 4.38. The average molecular weight is 383 g/mol. The number of carbonyl (C=O) groups is 1. The van der Waals surface area contributed by atoms with Gasteiger partial charge in [-0.1, -0.05) is 0 Å². The molecule has 0 fully saturated rings. The summed E-state index contributed by atoms with van der Waals surface area (Å²) in [5.41, 5.74) is -1.25. The van der Waals surface area contributed by atoms with E-state index in [1.165, 1.54) is 18.4 Å². The molecule has 0 aromatic carbocycles. The van der Waals surface area contributed by atoms with E-state index in [0.717, 1.165) is 15.6 Å². The van der Waals surface area contributed by atoms with E-state index in [1.54, 1.807) is 13.1 Å². The predicted octanol–water partition coefficient (Wildman–Crippen LogP) is 3.15. The summed E-state index contributed by atoms with van der Waals surface area (Å²) in [4.78, 5) is 16.8. The lowest BCUT2D eigenvalue weighted by atomic mass is 10.2. The molecule has 1 atom stereocenters. The summed E-state index contributed by atoms with van der Waals surface area (Å²) in [5.74, 6) is -0.627. The zero-order valence-corrected chi connectivity index (χ0v) is 13.3. The minimum Gasteiger partial charge on any atom is -0.343 e. The molecule has 0 radical (unpaired) electrons. The molecular formula is C11H10BrF3N4OS. The van der Waals surface area contributed by atoms with Crippen LogP contribution in [0.25, 0.3) is 0 Å². The maximum absolute atomic E-state index is 12.6. The second kappa shape index (κ2) is 5.76. The number of thiazole rings is 1. The summed E-state index contributed by atoms with van der Waals surface area (Å²) in [6, 6.07) is 0.357. The Morgan fingerprint density at radius 1 is 1.52 bits per heavy atom. The standard InChI is InChI=1S/C11H10BrF3N4OS/c1-5(7-4-16-10(12)21-7)17-9(20)6-3-8(11(13,14)15)18-19(6)2/h3-5H,1-2H3,(H,17,20). The first-order valence-corrected chi connectivity index (χ1v) is 7.32. The fraction of sp³-hybridized carbons (Fsp3) is 0.364. The zero-order valence-electron chi connectivity index (χ0n) is 10.9. The van der Waals surface area contributed by atoms with Crippen LogP contribution in [0.4, 0.5) is 13.2 Å². The molecule has 114 valence electrons. The van der Waals surface area contributed by atoms with Crippen molar-refractivity contribution in [1.29, 1.82) is 0 Å². The molecule has 2 rings (SSSR count). The minimum absolute atomic E-state index is 0.155. The highest BCUT2D eigenvalue weighted by Crippen LogP contribution is 2.29. The summed E-state index contributed by atoms with van der Waals surface area (Å²) in [6.07, 6.45) is -2.99. The third kappa shape index (κ3) is 3.62. The number of rotatable bonds is 3. The van der Waals surface area contributed by atoms with E-state index in [1.807, 2.05) is 0 Å². The Morgan fingerprint density at radius 3 is 2.67 bits per heavy atom. The Balaban J connectivity index is 2.15. The van der Waals surface area contributed by atoms with Gasteiger partial charge in [-0.25, -0.2) is 4.98 Å². The van der Waals surface area contributed by atoms with Crippen molar-refractivity contribution in [3.63, 3.8) is 0 Å². The van der Waals surface area contributed by atoms with Crippen molar-refractivity contribution in [2.75, 3.05) is 0 Å². The third-order valence-corrected chi connectivity index (χ3v) is 4.33. The lowest BCUT2D eigenvalue weighted by Gasteiger charge is -2.11. The normalized spacial score (nSPS) is 13.2. The molecule has 5 nitrogen and oxygen atoms in total. The number of hydrogen-bond donors (Lipinski definition) is 1. The molecule has 2 heterocycles. The van der Waals surface area contributed by atoms with Crippen LogP contribution in [0.2, 0.25) is 0 Å². The highest BCUT2D eigenvalue weighted by atomic mass is 79.9. The van der Waals surface area contributed by atoms with Gasteiger partial charge in [0.05, 0.1) is 6.04 Å². The quantitative estimate of drug-likeness (QED) is 0.886. The van der Waals surface area contributed by atoms with E-state index in [-0.39, 0.29) is 11.7 Å². The van der Waals surface area contributed by atoms with E-state index in [0.29, 0.717) is 3.92 Å². The molecule has 0 aliphatic carbocycles. The van der Waals surface area contributed by atoms with Gasteiger partial charge < -0.3 is 5.32 Å². The van der Waals surface area contributed by atoms with Gasteiger partial charge in [-0.2, -0.15) is 18.3 Å². The number of aromatic nitrogens is 3. The SMILES string of the molecule is CC(NC(=O)c1cc(C(F)(F)F)nn1C)c1cnc(Br)s1. The first-order chi connectivity index (χ1) is 9.68. The minimum atomic E-state index is -4.58. The van der Waals surface area contributed by atoms with E-state index in [9.17, 15) is 18.0 Å². The molecule has 2 aromatic rings. The van der Waals surface area contributed by atoms with Crippen LogP contribution in [-0.2, 0) is 13.2 Å². The fourth-order valence-corrected chi connectivity index (χ4v) is 2.93. The number of aryl methyl sites for hydroxylation is 1. The van der Waals surface area contributed by atoms with E-state index in [4.69, 9.17) is 0 Å². The summed E-state index contributed by atoms with van der Waals surface area (Å²) >= 11 is 4.54. The molecule has 0 bridgehead atoms. The predicted molar refractivity (Wildman–Crippen MR) is 73.9 cm³/mol. The molecule has 1 amide bonds. The molecule has 0 saturated heterocycles. The highest BCUT2D eigenvalue weighted by Gasteiger charge is 2.35. The topological polar surface area (TPSA) is 59.8 Å². The molecular weight excluding hydrogens is 373 g/mol. The van der Waals surface area contributed by atoms with Crippen LogP contribution in [0.15, 0.2) is 16.2 Å². The van der Waals surface area contributed by atoms with Crippen LogP contribution in [-0.4, -0.2) is 20.7 Å². The Morgan fingerprint density at radius 2 is 2.19 bits per heavy atom. The van der Waals surface area contributed by atoms with Crippen molar-refractivity contribution >= 4 is 33.2 Å². The zero-order chi connectivity index (χ0) is 15.8. The second-order valence-electron chi connectivity index (χ2n) is 4.25. The van der Waals surface area contributed by atoms with Gasteiger partial charge in [0.1, 0.15) is 5.69 Å². The van der Waals surface area contributed by atoms with Gasteiger partial charge in [-0.15, -0.1) is 11.3 Å². The van der Waals surface area contributed by atoms with Crippen molar-refractivity contribution in [3.05, 3.63) is 32.4 Å². The van der Waals surface area contributed by atoms with Crippen molar-refractivity contribution in [1.82, 2.24) is 20.1 Å². The lowest BCUT2D eigenvalue weighted by Crippen LogP contribution is -2.27. The van der Waals surface area contributed by atoms with Crippen molar-refractivity contribution in [2.24, 2.45) is 7.05 Å². The third-order valence-electron chi connectivity index (χ3n) is 2.67. The summed E-state index contributed by atoms with van der Waals surface area (Å²) < 4.78 is 39.2. The monoisotopic (exact) mass is 382 g/mol. The first-order valence-electron chi connectivity index (χ1n) is 5.72. The van der Waals surface area contributed by atoms with E-state index in [2.05, 4.69) is 31.3 Å². The molecule has 0 saturated carbocycles. The molecule has 2 aromatic heterocycles. The Bertz CT molecular complexity index is 667. The largest absolute Gasteiger partial charge is 0.435 e. The fourth-order valence-electron chi connectivity index (χ4n) is 1.62. The van der Waals surface area contributed by atoms with Gasteiger partial charge in [-0.05, 0) is 22.9 Å². The Labute approximate surface area is 130 Å². The maximum atomic E-state index is 12.6. The molecule has 1 unspecified atom stereocenters. The van der Waals surface area contributed by atoms with Gasteiger partial charge in [0.15, 0.2) is 9.61 Å².